The maximum Gasteiger partial charge on any atom is 0.276 e. The van der Waals surface area contributed by atoms with Crippen LogP contribution in [0.1, 0.15) is 58.8 Å². The number of amides is 1. The number of thioether (sulfide) groups is 1. The SMILES string of the molecule is CCCCCCCC[C@]1(C)SC(=O)C=C1OCC(=O)NNc1ccc(Cl)cc1. The molecule has 5 nitrogen and oxygen atoms in total. The largest absolute Gasteiger partial charge is 0.486 e. The van der Waals surface area contributed by atoms with Crippen molar-refractivity contribution in [2.75, 3.05) is 12.0 Å². The molecule has 1 aliphatic rings. The molecule has 0 saturated carbocycles. The lowest BCUT2D eigenvalue weighted by Gasteiger charge is -2.26. The highest BCUT2D eigenvalue weighted by molar-refractivity contribution is 8.15. The van der Waals surface area contributed by atoms with E-state index in [2.05, 4.69) is 17.8 Å². The molecule has 1 aromatic carbocycles. The number of unbranched alkanes of at least 4 members (excludes halogenated alkanes) is 5. The number of anilines is 1. The van der Waals surface area contributed by atoms with E-state index in [0.717, 1.165) is 24.9 Å². The van der Waals surface area contributed by atoms with Crippen molar-refractivity contribution >= 4 is 40.1 Å². The van der Waals surface area contributed by atoms with Crippen LogP contribution in [0.4, 0.5) is 5.69 Å². The van der Waals surface area contributed by atoms with E-state index in [4.69, 9.17) is 16.3 Å². The summed E-state index contributed by atoms with van der Waals surface area (Å²) in [6.45, 7) is 4.08. The molecular weight excluding hydrogens is 396 g/mol. The average Bonchev–Trinajstić information content (AvgIpc) is 2.96. The van der Waals surface area contributed by atoms with Gasteiger partial charge in [-0.05, 0) is 37.6 Å². The lowest BCUT2D eigenvalue weighted by atomic mass is 9.99. The van der Waals surface area contributed by atoms with Crippen molar-refractivity contribution in [3.8, 4) is 0 Å². The number of rotatable bonds is 12. The van der Waals surface area contributed by atoms with Gasteiger partial charge in [-0.2, -0.15) is 0 Å². The molecule has 28 heavy (non-hydrogen) atoms. The molecule has 1 atom stereocenters. The monoisotopic (exact) mass is 424 g/mol. The Morgan fingerprint density at radius 2 is 1.82 bits per heavy atom. The second-order valence-electron chi connectivity index (χ2n) is 7.15. The first-order valence-corrected chi connectivity index (χ1v) is 11.0. The average molecular weight is 425 g/mol. The topological polar surface area (TPSA) is 67.4 Å². The molecule has 0 aromatic heterocycles. The minimum Gasteiger partial charge on any atom is -0.486 e. The van der Waals surface area contributed by atoms with Crippen molar-refractivity contribution < 1.29 is 14.3 Å². The maximum atomic E-state index is 12.0. The molecule has 0 saturated heterocycles. The van der Waals surface area contributed by atoms with E-state index in [0.29, 0.717) is 10.8 Å². The van der Waals surface area contributed by atoms with Gasteiger partial charge in [-0.3, -0.25) is 20.4 Å². The van der Waals surface area contributed by atoms with Gasteiger partial charge in [0.15, 0.2) is 6.61 Å². The van der Waals surface area contributed by atoms with Crippen LogP contribution in [0.5, 0.6) is 0 Å². The van der Waals surface area contributed by atoms with Crippen LogP contribution in [0.3, 0.4) is 0 Å². The van der Waals surface area contributed by atoms with Crippen LogP contribution in [-0.2, 0) is 14.3 Å². The molecular formula is C21H29ClN2O3S. The maximum absolute atomic E-state index is 12.0. The van der Waals surface area contributed by atoms with Crippen molar-refractivity contribution in [3.63, 3.8) is 0 Å². The van der Waals surface area contributed by atoms with Crippen molar-refractivity contribution in [2.24, 2.45) is 0 Å². The summed E-state index contributed by atoms with van der Waals surface area (Å²) < 4.78 is 5.32. The van der Waals surface area contributed by atoms with Gasteiger partial charge in [-0.1, -0.05) is 68.8 Å². The van der Waals surface area contributed by atoms with Gasteiger partial charge in [-0.15, -0.1) is 0 Å². The summed E-state index contributed by atoms with van der Waals surface area (Å²) in [5.74, 6) is 0.278. The number of nitrogens with one attached hydrogen (secondary N) is 2. The Morgan fingerprint density at radius 1 is 1.14 bits per heavy atom. The van der Waals surface area contributed by atoms with Crippen LogP contribution >= 0.6 is 23.4 Å². The number of hydrogen-bond donors (Lipinski definition) is 2. The van der Waals surface area contributed by atoms with Crippen molar-refractivity contribution in [1.82, 2.24) is 5.43 Å². The lowest BCUT2D eigenvalue weighted by Crippen LogP contribution is -2.33. The fourth-order valence-corrected chi connectivity index (χ4v) is 4.23. The molecule has 0 unspecified atom stereocenters. The Kier molecular flexibility index (Phi) is 9.19. The first kappa shape index (κ1) is 22.6. The van der Waals surface area contributed by atoms with E-state index >= 15 is 0 Å². The summed E-state index contributed by atoms with van der Waals surface area (Å²) in [4.78, 5) is 24.0. The smallest absolute Gasteiger partial charge is 0.276 e. The Labute approximate surface area is 176 Å². The van der Waals surface area contributed by atoms with Crippen LogP contribution in [0, 0.1) is 0 Å². The molecule has 2 N–H and O–H groups in total. The van der Waals surface area contributed by atoms with Gasteiger partial charge in [0, 0.05) is 11.1 Å². The standard InChI is InChI=1S/C21H29ClN2O3S/c1-3-4-5-6-7-8-13-21(2)18(14-20(26)28-21)27-15-19(25)24-23-17-11-9-16(22)10-12-17/h9-12,14,23H,3-8,13,15H2,1-2H3,(H,24,25)/t21-/m0/s1. The third-order valence-corrected chi connectivity index (χ3v) is 6.08. The van der Waals surface area contributed by atoms with Gasteiger partial charge in [0.2, 0.25) is 5.12 Å². The fraction of sp³-hybridized carbons (Fsp3) is 0.524. The van der Waals surface area contributed by atoms with E-state index in [9.17, 15) is 9.59 Å². The van der Waals surface area contributed by atoms with Gasteiger partial charge >= 0.3 is 0 Å². The van der Waals surface area contributed by atoms with Gasteiger partial charge in [0.25, 0.3) is 5.91 Å². The van der Waals surface area contributed by atoms with Crippen molar-refractivity contribution in [3.05, 3.63) is 41.1 Å². The molecule has 1 aromatic rings. The molecule has 2 rings (SSSR count). The summed E-state index contributed by atoms with van der Waals surface area (Å²) >= 11 is 7.12. The number of carbonyl (C=O) groups is 2. The molecule has 7 heteroatoms. The van der Waals surface area contributed by atoms with E-state index in [1.165, 1.54) is 43.5 Å². The van der Waals surface area contributed by atoms with E-state index < -0.39 is 0 Å². The second kappa shape index (κ2) is 11.4. The molecule has 1 amide bonds. The Bertz CT molecular complexity index is 693. The zero-order valence-electron chi connectivity index (χ0n) is 16.6. The predicted octanol–water partition coefficient (Wildman–Crippen LogP) is 5.47. The number of halogens is 1. The van der Waals surface area contributed by atoms with Gasteiger partial charge in [-0.25, -0.2) is 0 Å². The zero-order valence-corrected chi connectivity index (χ0v) is 18.1. The number of benzene rings is 1. The van der Waals surface area contributed by atoms with Crippen LogP contribution in [0.2, 0.25) is 5.02 Å². The highest BCUT2D eigenvalue weighted by Gasteiger charge is 2.39. The molecule has 0 radical (unpaired) electrons. The van der Waals surface area contributed by atoms with Crippen LogP contribution < -0.4 is 10.9 Å². The number of ether oxygens (including phenoxy) is 1. The summed E-state index contributed by atoms with van der Waals surface area (Å²) in [6, 6.07) is 6.98. The summed E-state index contributed by atoms with van der Waals surface area (Å²) in [5.41, 5.74) is 6.10. The lowest BCUT2D eigenvalue weighted by molar-refractivity contribution is -0.124. The van der Waals surface area contributed by atoms with Crippen LogP contribution in [-0.4, -0.2) is 22.4 Å². The van der Waals surface area contributed by atoms with E-state index in [-0.39, 0.29) is 22.4 Å². The number of carbonyl (C=O) groups excluding carboxylic acids is 2. The summed E-state index contributed by atoms with van der Waals surface area (Å²) in [6.07, 6.45) is 9.58. The predicted molar refractivity (Wildman–Crippen MR) is 116 cm³/mol. The minimum atomic E-state index is -0.383. The van der Waals surface area contributed by atoms with Gasteiger partial charge in [0.1, 0.15) is 5.76 Å². The van der Waals surface area contributed by atoms with Gasteiger partial charge in [0.05, 0.1) is 10.4 Å². The quantitative estimate of drug-likeness (QED) is 0.344. The molecule has 0 bridgehead atoms. The van der Waals surface area contributed by atoms with Gasteiger partial charge < -0.3 is 4.74 Å². The number of hydrazine groups is 1. The fourth-order valence-electron chi connectivity index (χ4n) is 3.03. The third-order valence-electron chi connectivity index (χ3n) is 4.65. The van der Waals surface area contributed by atoms with Crippen molar-refractivity contribution in [2.45, 2.75) is 63.5 Å². The normalized spacial score (nSPS) is 18.7. The van der Waals surface area contributed by atoms with E-state index in [1.54, 1.807) is 24.3 Å². The first-order chi connectivity index (χ1) is 13.4. The Morgan fingerprint density at radius 3 is 2.54 bits per heavy atom. The molecule has 154 valence electrons. The molecule has 1 heterocycles. The summed E-state index contributed by atoms with van der Waals surface area (Å²) in [7, 11) is 0. The highest BCUT2D eigenvalue weighted by Crippen LogP contribution is 2.44. The molecule has 1 aliphatic heterocycles. The minimum absolute atomic E-state index is 0.0109. The second-order valence-corrected chi connectivity index (χ2v) is 9.09. The first-order valence-electron chi connectivity index (χ1n) is 9.81. The van der Waals surface area contributed by atoms with Crippen LogP contribution in [0.25, 0.3) is 0 Å². The zero-order chi connectivity index (χ0) is 20.4. The number of hydrogen-bond acceptors (Lipinski definition) is 5. The Hall–Kier alpha value is -1.66. The molecule has 0 spiro atoms. The highest BCUT2D eigenvalue weighted by atomic mass is 35.5. The van der Waals surface area contributed by atoms with Crippen molar-refractivity contribution in [1.29, 1.82) is 0 Å². The summed E-state index contributed by atoms with van der Waals surface area (Å²) in [5, 5.41) is 0.614. The molecule has 0 aliphatic carbocycles. The Balaban J connectivity index is 1.75. The third kappa shape index (κ3) is 7.40. The van der Waals surface area contributed by atoms with Crippen LogP contribution in [0.15, 0.2) is 36.1 Å². The van der Waals surface area contributed by atoms with E-state index in [1.807, 2.05) is 6.92 Å². The molecule has 0 fully saturated rings.